The Morgan fingerprint density at radius 3 is 2.74 bits per heavy atom. The van der Waals surface area contributed by atoms with Crippen LogP contribution in [0.15, 0.2) is 41.3 Å². The second kappa shape index (κ2) is 6.59. The quantitative estimate of drug-likeness (QED) is 0.659. The van der Waals surface area contributed by atoms with Gasteiger partial charge in [-0.05, 0) is 38.1 Å². The molecule has 1 aromatic heterocycles. The summed E-state index contributed by atoms with van der Waals surface area (Å²) in [5.41, 5.74) is 3.28. The Kier molecular flexibility index (Phi) is 4.82. The monoisotopic (exact) mass is 276 g/mol. The van der Waals surface area contributed by atoms with Crippen molar-refractivity contribution in [3.8, 4) is 10.6 Å². The predicted molar refractivity (Wildman–Crippen MR) is 78.6 cm³/mol. The molecule has 19 heavy (non-hydrogen) atoms. The van der Waals surface area contributed by atoms with E-state index in [1.54, 1.807) is 23.5 Å². The zero-order valence-corrected chi connectivity index (χ0v) is 11.9. The molecular formula is C15H17FN2S. The Balaban J connectivity index is 1.95. The number of hydrogen-bond donors (Lipinski definition) is 1. The Bertz CT molecular complexity index is 554. The van der Waals surface area contributed by atoms with E-state index in [2.05, 4.69) is 30.2 Å². The Labute approximate surface area is 117 Å². The van der Waals surface area contributed by atoms with Gasteiger partial charge in [0, 0.05) is 24.0 Å². The van der Waals surface area contributed by atoms with Crippen molar-refractivity contribution in [2.45, 2.75) is 20.4 Å². The summed E-state index contributed by atoms with van der Waals surface area (Å²) in [6.45, 7) is 5.77. The third kappa shape index (κ3) is 4.26. The summed E-state index contributed by atoms with van der Waals surface area (Å²) in [4.78, 5) is 4.54. The maximum absolute atomic E-state index is 12.8. The van der Waals surface area contributed by atoms with Crippen LogP contribution in [0.25, 0.3) is 10.6 Å². The average Bonchev–Trinajstić information content (AvgIpc) is 2.84. The molecule has 100 valence electrons. The van der Waals surface area contributed by atoms with Gasteiger partial charge in [-0.25, -0.2) is 9.37 Å². The second-order valence-corrected chi connectivity index (χ2v) is 5.42. The van der Waals surface area contributed by atoms with Crippen molar-refractivity contribution in [2.24, 2.45) is 0 Å². The second-order valence-electron chi connectivity index (χ2n) is 4.56. The van der Waals surface area contributed by atoms with Crippen molar-refractivity contribution in [1.29, 1.82) is 0 Å². The van der Waals surface area contributed by atoms with Crippen molar-refractivity contribution in [3.05, 3.63) is 52.8 Å². The van der Waals surface area contributed by atoms with E-state index in [0.717, 1.165) is 29.4 Å². The molecule has 1 heterocycles. The number of rotatable bonds is 5. The minimum Gasteiger partial charge on any atom is -0.308 e. The standard InChI is InChI=1S/C15H17FN2S/c1-11(2)7-8-17-9-14-10-19-15(18-14)12-3-5-13(16)6-4-12/h3-7,10,17H,8-9H2,1-2H3. The fourth-order valence-corrected chi connectivity index (χ4v) is 2.42. The normalized spacial score (nSPS) is 10.5. The molecule has 2 aromatic rings. The molecule has 0 radical (unpaired) electrons. The number of nitrogens with zero attached hydrogens (tertiary/aromatic N) is 1. The molecule has 2 nitrogen and oxygen atoms in total. The minimum absolute atomic E-state index is 0.219. The van der Waals surface area contributed by atoms with Crippen LogP contribution in [0.2, 0.25) is 0 Å². The first-order valence-electron chi connectivity index (χ1n) is 6.19. The zero-order valence-electron chi connectivity index (χ0n) is 11.1. The molecule has 0 spiro atoms. The number of thiazole rings is 1. The molecular weight excluding hydrogens is 259 g/mol. The van der Waals surface area contributed by atoms with Gasteiger partial charge in [-0.15, -0.1) is 11.3 Å². The molecule has 2 rings (SSSR count). The van der Waals surface area contributed by atoms with E-state index < -0.39 is 0 Å². The molecule has 0 fully saturated rings. The number of aromatic nitrogens is 1. The van der Waals surface area contributed by atoms with Gasteiger partial charge in [-0.1, -0.05) is 11.6 Å². The molecule has 1 N–H and O–H groups in total. The van der Waals surface area contributed by atoms with Gasteiger partial charge in [0.25, 0.3) is 0 Å². The highest BCUT2D eigenvalue weighted by Crippen LogP contribution is 2.23. The van der Waals surface area contributed by atoms with Crippen LogP contribution >= 0.6 is 11.3 Å². The summed E-state index contributed by atoms with van der Waals surface area (Å²) >= 11 is 1.58. The molecule has 0 aliphatic rings. The summed E-state index contributed by atoms with van der Waals surface area (Å²) in [6, 6.07) is 6.44. The van der Waals surface area contributed by atoms with Gasteiger partial charge in [0.2, 0.25) is 0 Å². The smallest absolute Gasteiger partial charge is 0.123 e. The third-order valence-electron chi connectivity index (χ3n) is 2.60. The number of nitrogens with one attached hydrogen (secondary N) is 1. The van der Waals surface area contributed by atoms with Crippen molar-refractivity contribution in [1.82, 2.24) is 10.3 Å². The van der Waals surface area contributed by atoms with Crippen LogP contribution in [0.4, 0.5) is 4.39 Å². The van der Waals surface area contributed by atoms with Crippen LogP contribution in [-0.4, -0.2) is 11.5 Å². The first-order chi connectivity index (χ1) is 9.15. The lowest BCUT2D eigenvalue weighted by molar-refractivity contribution is 0.628. The zero-order chi connectivity index (χ0) is 13.7. The Hall–Kier alpha value is -1.52. The fraction of sp³-hybridized carbons (Fsp3) is 0.267. The molecule has 4 heteroatoms. The van der Waals surface area contributed by atoms with Crippen molar-refractivity contribution >= 4 is 11.3 Å². The summed E-state index contributed by atoms with van der Waals surface area (Å²) < 4.78 is 12.8. The molecule has 0 aliphatic heterocycles. The fourth-order valence-electron chi connectivity index (χ4n) is 1.59. The summed E-state index contributed by atoms with van der Waals surface area (Å²) in [5, 5.41) is 6.28. The lowest BCUT2D eigenvalue weighted by Gasteiger charge is -1.99. The van der Waals surface area contributed by atoms with E-state index in [0.29, 0.717) is 0 Å². The van der Waals surface area contributed by atoms with Gasteiger partial charge in [0.15, 0.2) is 0 Å². The Morgan fingerprint density at radius 2 is 2.05 bits per heavy atom. The van der Waals surface area contributed by atoms with Gasteiger partial charge >= 0.3 is 0 Å². The summed E-state index contributed by atoms with van der Waals surface area (Å²) in [5.74, 6) is -0.219. The summed E-state index contributed by atoms with van der Waals surface area (Å²) in [6.07, 6.45) is 2.15. The molecule has 0 unspecified atom stereocenters. The van der Waals surface area contributed by atoms with Gasteiger partial charge < -0.3 is 5.32 Å². The lowest BCUT2D eigenvalue weighted by Crippen LogP contribution is -2.13. The van der Waals surface area contributed by atoms with E-state index in [1.807, 2.05) is 5.38 Å². The summed E-state index contributed by atoms with van der Waals surface area (Å²) in [7, 11) is 0. The lowest BCUT2D eigenvalue weighted by atomic mass is 10.2. The van der Waals surface area contributed by atoms with Gasteiger partial charge in [-0.2, -0.15) is 0 Å². The maximum atomic E-state index is 12.8. The van der Waals surface area contributed by atoms with Crippen LogP contribution in [-0.2, 0) is 6.54 Å². The van der Waals surface area contributed by atoms with Crippen LogP contribution in [0.1, 0.15) is 19.5 Å². The van der Waals surface area contributed by atoms with Gasteiger partial charge in [-0.3, -0.25) is 0 Å². The molecule has 0 amide bonds. The largest absolute Gasteiger partial charge is 0.308 e. The molecule has 0 atom stereocenters. The molecule has 0 saturated carbocycles. The van der Waals surface area contributed by atoms with Crippen LogP contribution < -0.4 is 5.32 Å². The first-order valence-corrected chi connectivity index (χ1v) is 7.07. The van der Waals surface area contributed by atoms with Crippen LogP contribution in [0.5, 0.6) is 0 Å². The first kappa shape index (κ1) is 13.9. The van der Waals surface area contributed by atoms with E-state index >= 15 is 0 Å². The molecule has 0 bridgehead atoms. The van der Waals surface area contributed by atoms with E-state index in [4.69, 9.17) is 0 Å². The van der Waals surface area contributed by atoms with Crippen molar-refractivity contribution in [2.75, 3.05) is 6.54 Å². The highest BCUT2D eigenvalue weighted by atomic mass is 32.1. The molecule has 0 saturated heterocycles. The van der Waals surface area contributed by atoms with Crippen LogP contribution in [0, 0.1) is 5.82 Å². The van der Waals surface area contributed by atoms with E-state index in [9.17, 15) is 4.39 Å². The number of halogens is 1. The number of allylic oxidation sites excluding steroid dienone is 1. The highest BCUT2D eigenvalue weighted by Gasteiger charge is 2.04. The van der Waals surface area contributed by atoms with Crippen molar-refractivity contribution < 1.29 is 4.39 Å². The predicted octanol–water partition coefficient (Wildman–Crippen LogP) is 4.01. The van der Waals surface area contributed by atoms with Crippen LogP contribution in [0.3, 0.4) is 0 Å². The maximum Gasteiger partial charge on any atom is 0.123 e. The minimum atomic E-state index is -0.219. The third-order valence-corrected chi connectivity index (χ3v) is 3.54. The number of hydrogen-bond acceptors (Lipinski definition) is 3. The Morgan fingerprint density at radius 1 is 1.32 bits per heavy atom. The number of benzene rings is 1. The van der Waals surface area contributed by atoms with Gasteiger partial charge in [0.1, 0.15) is 10.8 Å². The highest BCUT2D eigenvalue weighted by molar-refractivity contribution is 7.13. The molecule has 1 aromatic carbocycles. The van der Waals surface area contributed by atoms with E-state index in [-0.39, 0.29) is 5.82 Å². The topological polar surface area (TPSA) is 24.9 Å². The van der Waals surface area contributed by atoms with Gasteiger partial charge in [0.05, 0.1) is 5.69 Å². The van der Waals surface area contributed by atoms with Crippen molar-refractivity contribution in [3.63, 3.8) is 0 Å². The average molecular weight is 276 g/mol. The molecule has 0 aliphatic carbocycles. The van der Waals surface area contributed by atoms with E-state index in [1.165, 1.54) is 17.7 Å². The SMILES string of the molecule is CC(C)=CCNCc1csc(-c2ccc(F)cc2)n1.